The summed E-state index contributed by atoms with van der Waals surface area (Å²) in [6.45, 7) is 0. The van der Waals surface area contributed by atoms with Crippen molar-refractivity contribution in [1.29, 1.82) is 0 Å². The number of para-hydroxylation sites is 1. The van der Waals surface area contributed by atoms with Gasteiger partial charge in [0.25, 0.3) is 0 Å². The molecule has 1 aliphatic carbocycles. The predicted octanol–water partition coefficient (Wildman–Crippen LogP) is 8.99. The number of aromatic nitrogens is 1. The number of fused-ring (bicyclic) bond motifs is 3. The molecule has 4 aromatic rings. The second-order valence-electron chi connectivity index (χ2n) is 8.52. The largest absolute Gasteiger partial charge is 0.418 e. The number of halogens is 11. The van der Waals surface area contributed by atoms with Gasteiger partial charge in [-0.15, -0.1) is 0 Å². The summed E-state index contributed by atoms with van der Waals surface area (Å²) in [5, 5.41) is 0.400. The molecule has 0 radical (unpaired) electrons. The summed E-state index contributed by atoms with van der Waals surface area (Å²) in [7, 11) is 0. The molecular formula is C26H12F11N. The van der Waals surface area contributed by atoms with Crippen LogP contribution in [0.1, 0.15) is 28.8 Å². The van der Waals surface area contributed by atoms with Gasteiger partial charge in [0.2, 0.25) is 5.82 Å². The molecule has 1 nitrogen and oxygen atoms in total. The first-order chi connectivity index (χ1) is 17.7. The maximum Gasteiger partial charge on any atom is 0.418 e. The normalized spacial score (nSPS) is 13.9. The van der Waals surface area contributed by atoms with Crippen molar-refractivity contribution in [2.75, 3.05) is 0 Å². The molecule has 1 aromatic heterocycles. The molecule has 0 atom stereocenters. The third kappa shape index (κ3) is 3.84. The van der Waals surface area contributed by atoms with Crippen molar-refractivity contribution in [3.05, 3.63) is 93.9 Å². The maximum atomic E-state index is 14.5. The predicted molar refractivity (Wildman–Crippen MR) is 116 cm³/mol. The molecule has 0 N–H and O–H groups in total. The maximum absolute atomic E-state index is 14.5. The third-order valence-electron chi connectivity index (χ3n) is 6.30. The van der Waals surface area contributed by atoms with Gasteiger partial charge in [-0.2, -0.15) is 26.3 Å². The Morgan fingerprint density at radius 3 is 1.76 bits per heavy atom. The lowest BCUT2D eigenvalue weighted by molar-refractivity contribution is -0.142. The highest BCUT2D eigenvalue weighted by atomic mass is 19.4. The summed E-state index contributed by atoms with van der Waals surface area (Å²) >= 11 is 0. The summed E-state index contributed by atoms with van der Waals surface area (Å²) in [6, 6.07) is 5.74. The van der Waals surface area contributed by atoms with Crippen LogP contribution in [0.4, 0.5) is 48.3 Å². The van der Waals surface area contributed by atoms with E-state index in [0.29, 0.717) is 23.8 Å². The van der Waals surface area contributed by atoms with Gasteiger partial charge in [0, 0.05) is 11.1 Å². The molecule has 38 heavy (non-hydrogen) atoms. The summed E-state index contributed by atoms with van der Waals surface area (Å²) < 4.78 is 157. The third-order valence-corrected chi connectivity index (χ3v) is 6.30. The average molecular weight is 547 g/mol. The Morgan fingerprint density at radius 2 is 1.21 bits per heavy atom. The lowest BCUT2D eigenvalue weighted by atomic mass is 9.95. The molecule has 0 aliphatic heterocycles. The molecule has 3 aromatic carbocycles. The Hall–Kier alpha value is -3.83. The van der Waals surface area contributed by atoms with E-state index in [4.69, 9.17) is 0 Å². The Labute approximate surface area is 206 Å². The molecule has 12 heteroatoms. The number of nitrogens with zero attached hydrogens (tertiary/aromatic N) is 1. The average Bonchev–Trinajstić information content (AvgIpc) is 3.19. The molecule has 0 amide bonds. The lowest BCUT2D eigenvalue weighted by Crippen LogP contribution is -2.19. The molecule has 0 saturated carbocycles. The van der Waals surface area contributed by atoms with E-state index < -0.39 is 69.4 Å². The molecule has 1 heterocycles. The van der Waals surface area contributed by atoms with E-state index in [-0.39, 0.29) is 23.3 Å². The number of aryl methyl sites for hydroxylation is 1. The van der Waals surface area contributed by atoms with Crippen LogP contribution in [0, 0.1) is 29.1 Å². The number of rotatable bonds is 2. The minimum Gasteiger partial charge on any atom is -0.308 e. The Balaban J connectivity index is 1.97. The first kappa shape index (κ1) is 25.8. The van der Waals surface area contributed by atoms with Crippen LogP contribution in [0.3, 0.4) is 0 Å². The molecule has 0 fully saturated rings. The zero-order valence-electron chi connectivity index (χ0n) is 18.6. The second kappa shape index (κ2) is 8.60. The van der Waals surface area contributed by atoms with Gasteiger partial charge < -0.3 is 4.57 Å². The first-order valence-corrected chi connectivity index (χ1v) is 10.9. The van der Waals surface area contributed by atoms with Crippen molar-refractivity contribution in [3.63, 3.8) is 0 Å². The monoisotopic (exact) mass is 547 g/mol. The van der Waals surface area contributed by atoms with Gasteiger partial charge in [-0.25, -0.2) is 22.0 Å². The van der Waals surface area contributed by atoms with Crippen molar-refractivity contribution in [3.8, 4) is 16.8 Å². The van der Waals surface area contributed by atoms with E-state index in [0.717, 1.165) is 4.57 Å². The number of allylic oxidation sites excluding steroid dienone is 1. The minimum atomic E-state index is -5.54. The minimum absolute atomic E-state index is 0.00373. The van der Waals surface area contributed by atoms with E-state index in [1.807, 2.05) is 0 Å². The van der Waals surface area contributed by atoms with Crippen molar-refractivity contribution >= 4 is 17.0 Å². The zero-order chi connectivity index (χ0) is 27.7. The van der Waals surface area contributed by atoms with Crippen LogP contribution in [0.15, 0.2) is 42.5 Å². The summed E-state index contributed by atoms with van der Waals surface area (Å²) in [5.41, 5.74) is -8.20. The van der Waals surface area contributed by atoms with Crippen molar-refractivity contribution in [2.45, 2.75) is 25.2 Å². The molecule has 0 bridgehead atoms. The summed E-state index contributed by atoms with van der Waals surface area (Å²) in [4.78, 5) is 0. The Kier molecular flexibility index (Phi) is 5.84. The summed E-state index contributed by atoms with van der Waals surface area (Å²) in [5.74, 6) is -12.8. The fraction of sp³-hybridized carbons (Fsp3) is 0.154. The highest BCUT2D eigenvalue weighted by Crippen LogP contribution is 2.47. The SMILES string of the molecule is Fc1c(F)c(F)c(-c2cc(C(F)(F)F)c(-n3c4c(c5ccccc53)CCC=C4)c(C(F)(F)F)c2)c(F)c1F. The highest BCUT2D eigenvalue weighted by molar-refractivity contribution is 5.91. The number of alkyl halides is 6. The number of benzene rings is 3. The quantitative estimate of drug-likeness (QED) is 0.134. The molecule has 0 spiro atoms. The van der Waals surface area contributed by atoms with Crippen LogP contribution in [0.2, 0.25) is 0 Å². The van der Waals surface area contributed by atoms with Crippen LogP contribution in [-0.2, 0) is 18.8 Å². The van der Waals surface area contributed by atoms with Gasteiger partial charge in [-0.05, 0) is 48.2 Å². The Bertz CT molecular complexity index is 1570. The summed E-state index contributed by atoms with van der Waals surface area (Å²) in [6.07, 6.45) is -7.32. The molecule has 198 valence electrons. The van der Waals surface area contributed by atoms with Gasteiger partial charge in [-0.1, -0.05) is 24.3 Å². The van der Waals surface area contributed by atoms with Crippen LogP contribution in [0.25, 0.3) is 33.8 Å². The van der Waals surface area contributed by atoms with Crippen molar-refractivity contribution in [1.82, 2.24) is 4.57 Å². The van der Waals surface area contributed by atoms with E-state index in [1.54, 1.807) is 12.1 Å². The highest BCUT2D eigenvalue weighted by Gasteiger charge is 2.44. The van der Waals surface area contributed by atoms with E-state index in [9.17, 15) is 48.3 Å². The fourth-order valence-corrected chi connectivity index (χ4v) is 4.74. The molecule has 0 saturated heterocycles. The van der Waals surface area contributed by atoms with Gasteiger partial charge in [0.05, 0.1) is 27.9 Å². The van der Waals surface area contributed by atoms with Crippen LogP contribution in [-0.4, -0.2) is 4.57 Å². The first-order valence-electron chi connectivity index (χ1n) is 10.9. The van der Waals surface area contributed by atoms with Crippen molar-refractivity contribution in [2.24, 2.45) is 0 Å². The van der Waals surface area contributed by atoms with Crippen LogP contribution < -0.4 is 0 Å². The molecule has 0 unspecified atom stereocenters. The number of hydrogen-bond donors (Lipinski definition) is 0. The molecule has 1 aliphatic rings. The molecule has 5 rings (SSSR count). The van der Waals surface area contributed by atoms with Gasteiger partial charge in [-0.3, -0.25) is 0 Å². The second-order valence-corrected chi connectivity index (χ2v) is 8.52. The lowest BCUT2D eigenvalue weighted by Gasteiger charge is -2.24. The Morgan fingerprint density at radius 1 is 0.684 bits per heavy atom. The van der Waals surface area contributed by atoms with E-state index in [2.05, 4.69) is 0 Å². The fourth-order valence-electron chi connectivity index (χ4n) is 4.74. The van der Waals surface area contributed by atoms with E-state index >= 15 is 0 Å². The van der Waals surface area contributed by atoms with Crippen LogP contribution in [0.5, 0.6) is 0 Å². The number of hydrogen-bond acceptors (Lipinski definition) is 0. The smallest absolute Gasteiger partial charge is 0.308 e. The zero-order valence-corrected chi connectivity index (χ0v) is 18.6. The van der Waals surface area contributed by atoms with Crippen LogP contribution >= 0.6 is 0 Å². The molecular weight excluding hydrogens is 535 g/mol. The van der Waals surface area contributed by atoms with Gasteiger partial charge in [0.15, 0.2) is 23.3 Å². The van der Waals surface area contributed by atoms with E-state index in [1.165, 1.54) is 24.3 Å². The van der Waals surface area contributed by atoms with Gasteiger partial charge >= 0.3 is 12.4 Å². The van der Waals surface area contributed by atoms with Gasteiger partial charge in [0.1, 0.15) is 0 Å². The standard InChI is InChI=1S/C26H12F11N/c27-19-18(20(28)22(30)23(31)21(19)29)11-9-14(25(32,33)34)24(15(10-11)26(35,36)37)38-16-7-3-1-5-12(16)13-6-2-4-8-17(13)38/h1,3-5,7-10H,2,6H2. The topological polar surface area (TPSA) is 4.93 Å². The van der Waals surface area contributed by atoms with Crippen molar-refractivity contribution < 1.29 is 48.3 Å².